The summed E-state index contributed by atoms with van der Waals surface area (Å²) in [6.45, 7) is 0. The average molecular weight is 1820 g/mol. The molecule has 0 atom stereocenters. The lowest BCUT2D eigenvalue weighted by Gasteiger charge is -2.12. The van der Waals surface area contributed by atoms with Crippen LogP contribution in [0.4, 0.5) is 0 Å². The SMILES string of the molecule is c1ccc(-c2cccc3nc(-n4c5cc(-c6ccc7c8ccccc8n(-c8ccccc8)c7c6)ccc5c5cccnc54)ncc23)cc1.c1ccc(-n2c3ccccc3c3ccc(-c4ccc5c6cccnc6n(-c6ccc(-c7cc(-c8ccccn8)nc(-c8ccccn8)c7)cc6)c5c4)cc32)cc1.c1ccc(-n2c3ccccc3c3ccc(-c4ccc5c6ccncc6n(-c6ccccc6)c5c4)cc32)cc1. The number of para-hydroxylation sites is 7. The van der Waals surface area contributed by atoms with Gasteiger partial charge in [-0.1, -0.05) is 267 Å². The maximum atomic E-state index is 5.13. The average Bonchev–Trinajstić information content (AvgIpc) is 1.59. The normalized spacial score (nSPS) is 11.7. The molecule has 0 bridgehead atoms. The van der Waals surface area contributed by atoms with Gasteiger partial charge >= 0.3 is 0 Å². The van der Waals surface area contributed by atoms with E-state index in [1.165, 1.54) is 98.5 Å². The first kappa shape index (κ1) is 82.1. The predicted molar refractivity (Wildman–Crippen MR) is 583 cm³/mol. The van der Waals surface area contributed by atoms with Gasteiger partial charge in [-0.3, -0.25) is 24.1 Å². The van der Waals surface area contributed by atoms with Crippen molar-refractivity contribution in [2.45, 2.75) is 0 Å². The molecule has 0 fully saturated rings. The van der Waals surface area contributed by atoms with Crippen molar-refractivity contribution in [1.29, 1.82) is 0 Å². The van der Waals surface area contributed by atoms with Gasteiger partial charge in [0.15, 0.2) is 0 Å². The minimum Gasteiger partial charge on any atom is -0.309 e. The lowest BCUT2D eigenvalue weighted by atomic mass is 10.0. The van der Waals surface area contributed by atoms with E-state index < -0.39 is 0 Å². The first-order valence-corrected chi connectivity index (χ1v) is 47.7. The highest BCUT2D eigenvalue weighted by molar-refractivity contribution is 6.16. The van der Waals surface area contributed by atoms with Gasteiger partial charge in [0, 0.05) is 136 Å². The van der Waals surface area contributed by atoms with E-state index in [1.807, 2.05) is 85.6 Å². The Morgan fingerprint density at radius 2 is 0.493 bits per heavy atom. The van der Waals surface area contributed by atoms with Crippen LogP contribution in [0.3, 0.4) is 0 Å². The van der Waals surface area contributed by atoms with E-state index in [1.54, 1.807) is 12.4 Å². The van der Waals surface area contributed by atoms with Crippen molar-refractivity contribution in [3.05, 3.63) is 498 Å². The van der Waals surface area contributed by atoms with Crippen molar-refractivity contribution in [3.8, 4) is 113 Å². The molecule has 16 aromatic carbocycles. The standard InChI is InChI=1S/C50H32N6.C43H27N5.C35H23N3/c1-2-11-37(12-3-1)55-47-17-5-4-13-39(47)40-24-20-34(31-48(40)55)35-21-25-41-42-14-10-28-53-50(42)56(49(41)32-35)38-22-18-33(19-23-38)36-29-45(43-15-6-8-26-51-43)54-46(30-36)44-16-7-9-27-52-44;1-3-11-28(12-4-1)32-16-9-18-38-37(32)27-45-43(46-38)48-41-26-30(21-23-35(41)36-17-10-24-44-42(36)48)29-20-22-34-33-15-7-8-19-39(33)47(40(34)25-29)31-13-5-2-6-14-31;1-3-9-26(10-4-1)37-32-14-8-7-13-28(32)29-17-15-24(21-33(29)37)25-16-18-30-31-19-20-36-23-35(31)38(34(30)22-25)27-11-5-2-6-12-27/h1-32H;1-27H;1-23H. The Hall–Kier alpha value is -19.4. The predicted octanol–water partition coefficient (Wildman–Crippen LogP) is 31.6. The molecule has 0 amide bonds. The fourth-order valence-corrected chi connectivity index (χ4v) is 21.2. The molecule has 13 aromatic heterocycles. The number of fused-ring (bicyclic) bond motifs is 19. The zero-order valence-electron chi connectivity index (χ0n) is 76.6. The van der Waals surface area contributed by atoms with Gasteiger partial charge in [0.1, 0.15) is 11.3 Å². The van der Waals surface area contributed by atoms with Gasteiger partial charge in [0.05, 0.1) is 89.7 Å². The van der Waals surface area contributed by atoms with Crippen LogP contribution in [-0.4, -0.2) is 67.3 Å². The van der Waals surface area contributed by atoms with Crippen molar-refractivity contribution in [1.82, 2.24) is 67.3 Å². The van der Waals surface area contributed by atoms with E-state index in [0.717, 1.165) is 150 Å². The Bertz CT molecular complexity index is 9750. The van der Waals surface area contributed by atoms with E-state index >= 15 is 0 Å². The number of hydrogen-bond donors (Lipinski definition) is 0. The van der Waals surface area contributed by atoms with Gasteiger partial charge in [-0.05, 0) is 244 Å². The number of rotatable bonds is 13. The highest BCUT2D eigenvalue weighted by Crippen LogP contribution is 2.45. The molecule has 0 spiro atoms. The Balaban J connectivity index is 0.000000108. The molecule has 0 radical (unpaired) electrons. The maximum Gasteiger partial charge on any atom is 0.236 e. The fraction of sp³-hybridized carbons (Fsp3) is 0. The highest BCUT2D eigenvalue weighted by atomic mass is 15.2. The van der Waals surface area contributed by atoms with Gasteiger partial charge in [0.25, 0.3) is 0 Å². The molecule has 29 rings (SSSR count). The van der Waals surface area contributed by atoms with E-state index in [2.05, 4.69) is 443 Å². The quantitative estimate of drug-likeness (QED) is 0.111. The molecule has 142 heavy (non-hydrogen) atoms. The van der Waals surface area contributed by atoms with Crippen LogP contribution >= 0.6 is 0 Å². The van der Waals surface area contributed by atoms with Gasteiger partial charge in [-0.15, -0.1) is 0 Å². The highest BCUT2D eigenvalue weighted by Gasteiger charge is 2.25. The third kappa shape index (κ3) is 14.1. The van der Waals surface area contributed by atoms with Gasteiger partial charge < -0.3 is 18.3 Å². The van der Waals surface area contributed by atoms with Crippen molar-refractivity contribution < 1.29 is 0 Å². The second kappa shape index (κ2) is 34.4. The summed E-state index contributed by atoms with van der Waals surface area (Å²) in [7, 11) is 0. The molecule has 664 valence electrons. The molecule has 14 nitrogen and oxygen atoms in total. The van der Waals surface area contributed by atoms with Crippen LogP contribution < -0.4 is 0 Å². The van der Waals surface area contributed by atoms with E-state index in [9.17, 15) is 0 Å². The zero-order valence-corrected chi connectivity index (χ0v) is 76.6. The molecule has 0 N–H and O–H groups in total. The summed E-state index contributed by atoms with van der Waals surface area (Å²) in [5.41, 5.74) is 34.4. The summed E-state index contributed by atoms with van der Waals surface area (Å²) in [6.07, 6.45) is 13.1. The van der Waals surface area contributed by atoms with Gasteiger partial charge in [-0.2, -0.15) is 0 Å². The molecular weight excluding hydrogens is 1730 g/mol. The first-order valence-electron chi connectivity index (χ1n) is 47.7. The molecule has 0 saturated carbocycles. The summed E-state index contributed by atoms with van der Waals surface area (Å²) in [5.74, 6) is 0.600. The largest absolute Gasteiger partial charge is 0.309 e. The van der Waals surface area contributed by atoms with E-state index in [-0.39, 0.29) is 0 Å². The summed E-state index contributed by atoms with van der Waals surface area (Å²) in [6, 6.07) is 161. The van der Waals surface area contributed by atoms with Crippen LogP contribution in [0, 0.1) is 0 Å². The minimum absolute atomic E-state index is 0.600. The van der Waals surface area contributed by atoms with E-state index in [0.29, 0.717) is 5.95 Å². The second-order valence-electron chi connectivity index (χ2n) is 35.8. The number of benzene rings is 16. The third-order valence-corrected chi connectivity index (χ3v) is 27.7. The lowest BCUT2D eigenvalue weighted by Crippen LogP contribution is -2.02. The fourth-order valence-electron chi connectivity index (χ4n) is 21.2. The molecule has 13 heterocycles. The van der Waals surface area contributed by atoms with Crippen molar-refractivity contribution >= 4 is 142 Å². The maximum absolute atomic E-state index is 5.13. The van der Waals surface area contributed by atoms with Gasteiger partial charge in [0.2, 0.25) is 5.95 Å². The Morgan fingerprint density at radius 3 is 0.923 bits per heavy atom. The smallest absolute Gasteiger partial charge is 0.236 e. The monoisotopic (exact) mass is 1810 g/mol. The van der Waals surface area contributed by atoms with Crippen LogP contribution in [0.5, 0.6) is 0 Å². The third-order valence-electron chi connectivity index (χ3n) is 27.7. The molecule has 0 aliphatic heterocycles. The Labute approximate surface area is 814 Å². The first-order chi connectivity index (χ1) is 70.4. The molecular formula is C128H82N14. The van der Waals surface area contributed by atoms with Crippen molar-refractivity contribution in [2.75, 3.05) is 0 Å². The van der Waals surface area contributed by atoms with Crippen LogP contribution in [0.1, 0.15) is 0 Å². The molecule has 29 aromatic rings. The Kier molecular flexibility index (Phi) is 19.9. The Morgan fingerprint density at radius 1 is 0.155 bits per heavy atom. The number of hydrogen-bond acceptors (Lipinski definition) is 8. The number of pyridine rings is 6. The topological polar surface area (TPSA) is 133 Å². The minimum atomic E-state index is 0.600. The van der Waals surface area contributed by atoms with Crippen molar-refractivity contribution in [3.63, 3.8) is 0 Å². The van der Waals surface area contributed by atoms with E-state index in [4.69, 9.17) is 24.9 Å². The molecule has 14 heteroatoms. The van der Waals surface area contributed by atoms with Crippen LogP contribution in [0.2, 0.25) is 0 Å². The zero-order chi connectivity index (χ0) is 93.7. The number of nitrogens with zero attached hydrogens (tertiary/aromatic N) is 14. The summed E-state index contributed by atoms with van der Waals surface area (Å²) >= 11 is 0. The number of aromatic nitrogens is 14. The van der Waals surface area contributed by atoms with Crippen molar-refractivity contribution in [2.24, 2.45) is 0 Å². The lowest BCUT2D eigenvalue weighted by molar-refractivity contribution is 0.995. The van der Waals surface area contributed by atoms with Gasteiger partial charge in [-0.25, -0.2) is 24.9 Å². The van der Waals surface area contributed by atoms with Crippen LogP contribution in [0.25, 0.3) is 255 Å². The molecule has 0 saturated heterocycles. The van der Waals surface area contributed by atoms with Crippen LogP contribution in [-0.2, 0) is 0 Å². The van der Waals surface area contributed by atoms with Crippen LogP contribution in [0.15, 0.2) is 498 Å². The summed E-state index contributed by atoms with van der Waals surface area (Å²) < 4.78 is 13.8. The molecule has 0 unspecified atom stereocenters. The molecule has 0 aliphatic carbocycles. The second-order valence-corrected chi connectivity index (χ2v) is 35.8. The molecule has 0 aliphatic rings. The summed E-state index contributed by atoms with van der Waals surface area (Å²) in [4.78, 5) is 38.4. The summed E-state index contributed by atoms with van der Waals surface area (Å²) in [5, 5.41) is 15.4.